The highest BCUT2D eigenvalue weighted by Crippen LogP contribution is 2.39. The molecule has 6 nitrogen and oxygen atoms in total. The van der Waals surface area contributed by atoms with E-state index < -0.39 is 0 Å². The van der Waals surface area contributed by atoms with Crippen LogP contribution in [-0.2, 0) is 0 Å². The van der Waals surface area contributed by atoms with Crippen molar-refractivity contribution in [2.75, 3.05) is 64.3 Å². The normalized spacial score (nSPS) is 33.1. The second kappa shape index (κ2) is 8.48. The molecule has 5 rings (SSSR count). The van der Waals surface area contributed by atoms with Crippen LogP contribution in [0.5, 0.6) is 0 Å². The molecule has 30 heavy (non-hydrogen) atoms. The van der Waals surface area contributed by atoms with Crippen LogP contribution in [0.4, 0.5) is 5.69 Å². The molecule has 0 unspecified atom stereocenters. The summed E-state index contributed by atoms with van der Waals surface area (Å²) in [6, 6.07) is 8.47. The summed E-state index contributed by atoms with van der Waals surface area (Å²) in [6.07, 6.45) is 4.12. The fourth-order valence-corrected chi connectivity index (χ4v) is 6.09. The molecule has 0 spiro atoms. The number of benzene rings is 1. The number of aliphatic hydroxyl groups excluding tert-OH is 1. The number of amides is 1. The summed E-state index contributed by atoms with van der Waals surface area (Å²) >= 11 is 0. The third-order valence-corrected chi connectivity index (χ3v) is 7.99. The quantitative estimate of drug-likeness (QED) is 0.820. The maximum Gasteiger partial charge on any atom is 0.253 e. The van der Waals surface area contributed by atoms with Gasteiger partial charge in [-0.25, -0.2) is 0 Å². The van der Waals surface area contributed by atoms with Crippen molar-refractivity contribution in [3.63, 3.8) is 0 Å². The summed E-state index contributed by atoms with van der Waals surface area (Å²) in [7, 11) is 2.17. The van der Waals surface area contributed by atoms with E-state index in [1.54, 1.807) is 0 Å². The Balaban J connectivity index is 1.21. The molecule has 6 heteroatoms. The highest BCUT2D eigenvalue weighted by atomic mass is 16.3. The van der Waals surface area contributed by atoms with Crippen LogP contribution >= 0.6 is 0 Å². The lowest BCUT2D eigenvalue weighted by atomic mass is 9.77. The number of rotatable bonds is 3. The Bertz CT molecular complexity index is 740. The minimum atomic E-state index is -0.260. The predicted octanol–water partition coefficient (Wildman–Crippen LogP) is 1.75. The number of carbonyl (C=O) groups is 1. The molecule has 1 saturated carbocycles. The average Bonchev–Trinajstić information content (AvgIpc) is 3.43. The van der Waals surface area contributed by atoms with Gasteiger partial charge in [-0.15, -0.1) is 0 Å². The van der Waals surface area contributed by atoms with E-state index in [1.165, 1.54) is 18.5 Å². The maximum absolute atomic E-state index is 13.2. The molecule has 0 bridgehead atoms. The van der Waals surface area contributed by atoms with E-state index >= 15 is 0 Å². The summed E-state index contributed by atoms with van der Waals surface area (Å²) in [5.74, 6) is 1.12. The Morgan fingerprint density at radius 1 is 0.900 bits per heavy atom. The minimum Gasteiger partial charge on any atom is -0.391 e. The third kappa shape index (κ3) is 3.97. The van der Waals surface area contributed by atoms with Gasteiger partial charge in [0.15, 0.2) is 0 Å². The number of hydrogen-bond donors (Lipinski definition) is 1. The predicted molar refractivity (Wildman–Crippen MR) is 119 cm³/mol. The first-order valence-corrected chi connectivity index (χ1v) is 11.8. The van der Waals surface area contributed by atoms with E-state index in [4.69, 9.17) is 0 Å². The van der Waals surface area contributed by atoms with Crippen LogP contribution in [0.1, 0.15) is 36.0 Å². The Morgan fingerprint density at radius 2 is 1.53 bits per heavy atom. The molecule has 4 atom stereocenters. The Hall–Kier alpha value is -1.63. The molecule has 1 aliphatic carbocycles. The first-order valence-electron chi connectivity index (χ1n) is 11.8. The van der Waals surface area contributed by atoms with E-state index in [-0.39, 0.29) is 18.1 Å². The Morgan fingerprint density at radius 3 is 2.20 bits per heavy atom. The molecule has 1 N–H and O–H groups in total. The van der Waals surface area contributed by atoms with Crippen LogP contribution < -0.4 is 4.90 Å². The van der Waals surface area contributed by atoms with Gasteiger partial charge < -0.3 is 19.8 Å². The highest BCUT2D eigenvalue weighted by Gasteiger charge is 2.44. The number of likely N-dealkylation sites (N-methyl/N-ethyl adjacent to an activating group) is 1. The summed E-state index contributed by atoms with van der Waals surface area (Å²) < 4.78 is 0. The number of fused-ring (bicyclic) bond motifs is 1. The van der Waals surface area contributed by atoms with Gasteiger partial charge in [-0.3, -0.25) is 9.69 Å². The number of anilines is 1. The fraction of sp³-hybridized carbons (Fsp3) is 0.708. The first-order chi connectivity index (χ1) is 14.6. The monoisotopic (exact) mass is 412 g/mol. The minimum absolute atomic E-state index is 0.156. The SMILES string of the molecule is CN1CCN([C@@H]2C[C@@H]3CN(C(=O)c4ccc(N5CCCC5)cc4)C[C@@H]3C[C@H]2O)CC1. The van der Waals surface area contributed by atoms with Crippen molar-refractivity contribution in [3.8, 4) is 0 Å². The van der Waals surface area contributed by atoms with Crippen molar-refractivity contribution < 1.29 is 9.90 Å². The van der Waals surface area contributed by atoms with E-state index in [0.29, 0.717) is 11.8 Å². The van der Waals surface area contributed by atoms with Gasteiger partial charge in [0.1, 0.15) is 0 Å². The molecule has 0 radical (unpaired) electrons. The standard InChI is InChI=1S/C24H36N4O2/c1-25-10-12-27(13-11-25)22-14-19-16-28(17-20(19)15-23(22)29)24(30)18-4-6-21(7-5-18)26-8-2-3-9-26/h4-7,19-20,22-23,29H,2-3,8-17H2,1H3/t19-,20+,22-,23-/m1/s1. The molecule has 3 heterocycles. The number of hydrogen-bond acceptors (Lipinski definition) is 5. The summed E-state index contributed by atoms with van der Waals surface area (Å²) in [4.78, 5) is 22.4. The molecule has 1 amide bonds. The van der Waals surface area contributed by atoms with Gasteiger partial charge >= 0.3 is 0 Å². The summed E-state index contributed by atoms with van der Waals surface area (Å²) in [5.41, 5.74) is 2.03. The van der Waals surface area contributed by atoms with E-state index in [1.807, 2.05) is 17.0 Å². The van der Waals surface area contributed by atoms with E-state index in [0.717, 1.165) is 70.8 Å². The van der Waals surface area contributed by atoms with Crippen LogP contribution in [-0.4, -0.2) is 97.3 Å². The van der Waals surface area contributed by atoms with Crippen molar-refractivity contribution in [1.82, 2.24) is 14.7 Å². The van der Waals surface area contributed by atoms with Crippen molar-refractivity contribution in [3.05, 3.63) is 29.8 Å². The van der Waals surface area contributed by atoms with E-state index in [2.05, 4.69) is 33.9 Å². The number of likely N-dealkylation sites (tertiary alicyclic amines) is 1. The molecular formula is C24H36N4O2. The van der Waals surface area contributed by atoms with Gasteiger partial charge in [0.25, 0.3) is 5.91 Å². The lowest BCUT2D eigenvalue weighted by molar-refractivity contribution is -0.0249. The van der Waals surface area contributed by atoms with Gasteiger partial charge in [-0.2, -0.15) is 0 Å². The number of piperazine rings is 1. The zero-order chi connectivity index (χ0) is 20.7. The molecule has 4 fully saturated rings. The van der Waals surface area contributed by atoms with Gasteiger partial charge in [0.05, 0.1) is 6.10 Å². The van der Waals surface area contributed by atoms with Crippen LogP contribution in [0.15, 0.2) is 24.3 Å². The van der Waals surface area contributed by atoms with Crippen molar-refractivity contribution in [2.45, 2.75) is 37.8 Å². The van der Waals surface area contributed by atoms with Gasteiger partial charge in [0, 0.05) is 69.7 Å². The first kappa shape index (κ1) is 20.3. The van der Waals surface area contributed by atoms with Gasteiger partial charge in [-0.1, -0.05) is 0 Å². The summed E-state index contributed by atoms with van der Waals surface area (Å²) in [6.45, 7) is 8.13. The fourth-order valence-electron chi connectivity index (χ4n) is 6.09. The summed E-state index contributed by atoms with van der Waals surface area (Å²) in [5, 5.41) is 10.8. The zero-order valence-corrected chi connectivity index (χ0v) is 18.2. The second-order valence-electron chi connectivity index (χ2n) is 9.92. The number of nitrogens with zero attached hydrogens (tertiary/aromatic N) is 4. The lowest BCUT2D eigenvalue weighted by Crippen LogP contribution is -2.55. The average molecular weight is 413 g/mol. The zero-order valence-electron chi connectivity index (χ0n) is 18.2. The molecule has 0 aromatic heterocycles. The van der Waals surface area contributed by atoms with Crippen LogP contribution in [0.25, 0.3) is 0 Å². The van der Waals surface area contributed by atoms with Crippen LogP contribution in [0.2, 0.25) is 0 Å². The molecule has 3 aliphatic heterocycles. The van der Waals surface area contributed by atoms with Gasteiger partial charge in [-0.05, 0) is 68.8 Å². The van der Waals surface area contributed by atoms with Crippen molar-refractivity contribution in [1.29, 1.82) is 0 Å². The Labute approximate surface area is 180 Å². The highest BCUT2D eigenvalue weighted by molar-refractivity contribution is 5.94. The molecule has 3 saturated heterocycles. The Kier molecular flexibility index (Phi) is 5.73. The third-order valence-electron chi connectivity index (χ3n) is 7.99. The lowest BCUT2D eigenvalue weighted by Gasteiger charge is -2.44. The molecular weight excluding hydrogens is 376 g/mol. The number of aliphatic hydroxyl groups is 1. The van der Waals surface area contributed by atoms with Crippen LogP contribution in [0, 0.1) is 11.8 Å². The van der Waals surface area contributed by atoms with Gasteiger partial charge in [0.2, 0.25) is 0 Å². The molecule has 1 aromatic rings. The van der Waals surface area contributed by atoms with Crippen molar-refractivity contribution in [2.24, 2.45) is 11.8 Å². The van der Waals surface area contributed by atoms with Crippen molar-refractivity contribution >= 4 is 11.6 Å². The largest absolute Gasteiger partial charge is 0.391 e. The topological polar surface area (TPSA) is 50.3 Å². The second-order valence-corrected chi connectivity index (χ2v) is 9.92. The number of carbonyl (C=O) groups excluding carboxylic acids is 1. The van der Waals surface area contributed by atoms with Crippen LogP contribution in [0.3, 0.4) is 0 Å². The molecule has 1 aromatic carbocycles. The van der Waals surface area contributed by atoms with E-state index in [9.17, 15) is 9.90 Å². The maximum atomic E-state index is 13.2. The molecule has 4 aliphatic rings. The smallest absolute Gasteiger partial charge is 0.253 e. The molecule has 164 valence electrons.